The molecule has 12 heteroatoms. The molecule has 0 radical (unpaired) electrons. The number of hydrogen-bond donors (Lipinski definition) is 1. The molecule has 0 unspecified atom stereocenters. The van der Waals surface area contributed by atoms with Gasteiger partial charge in [-0.3, -0.25) is 4.79 Å². The number of carbonyl (C=O) groups is 1. The second kappa shape index (κ2) is 7.32. The summed E-state index contributed by atoms with van der Waals surface area (Å²) in [5.74, 6) is 0.360. The van der Waals surface area contributed by atoms with Gasteiger partial charge in [0.2, 0.25) is 15.4 Å². The molecule has 0 saturated carbocycles. The topological polar surface area (TPSA) is 132 Å². The summed E-state index contributed by atoms with van der Waals surface area (Å²) in [7, 11) is -3.76. The quantitative estimate of drug-likeness (QED) is 0.732. The summed E-state index contributed by atoms with van der Waals surface area (Å²) >= 11 is 0.823. The molecule has 3 rings (SSSR count). The van der Waals surface area contributed by atoms with E-state index >= 15 is 0 Å². The predicted octanol–water partition coefficient (Wildman–Crippen LogP) is 0.274. The first-order valence-corrected chi connectivity index (χ1v) is 9.88. The molecule has 0 bridgehead atoms. The SMILES string of the molecule is CC(=O)Nc1nnc(S(=O)(=O)N2CCN(c3ccc(C#N)cn3)CC2)s1. The lowest BCUT2D eigenvalue weighted by Gasteiger charge is -2.34. The molecule has 10 nitrogen and oxygen atoms in total. The number of anilines is 2. The Bertz CT molecular complexity index is 942. The van der Waals surface area contributed by atoms with Crippen LogP contribution < -0.4 is 10.2 Å². The van der Waals surface area contributed by atoms with E-state index in [0.717, 1.165) is 11.3 Å². The first-order valence-electron chi connectivity index (χ1n) is 7.62. The van der Waals surface area contributed by atoms with E-state index in [1.54, 1.807) is 12.1 Å². The highest BCUT2D eigenvalue weighted by molar-refractivity contribution is 7.91. The molecule has 0 atom stereocenters. The molecule has 2 aromatic rings. The molecule has 0 aliphatic carbocycles. The van der Waals surface area contributed by atoms with Crippen LogP contribution in [0.15, 0.2) is 22.7 Å². The standard InChI is InChI=1S/C14H15N7O3S2/c1-10(22)17-13-18-19-14(25-13)26(23,24)21-6-4-20(5-7-21)12-3-2-11(8-15)9-16-12/h2-3,9H,4-7H2,1H3,(H,17,18,22). The highest BCUT2D eigenvalue weighted by Gasteiger charge is 2.32. The molecule has 1 saturated heterocycles. The van der Waals surface area contributed by atoms with Crippen molar-refractivity contribution in [3.05, 3.63) is 23.9 Å². The highest BCUT2D eigenvalue weighted by atomic mass is 32.2. The van der Waals surface area contributed by atoms with Gasteiger partial charge in [-0.2, -0.15) is 9.57 Å². The summed E-state index contributed by atoms with van der Waals surface area (Å²) in [5.41, 5.74) is 0.473. The van der Waals surface area contributed by atoms with E-state index < -0.39 is 10.0 Å². The van der Waals surface area contributed by atoms with Crippen LogP contribution >= 0.6 is 11.3 Å². The van der Waals surface area contributed by atoms with E-state index in [1.165, 1.54) is 17.4 Å². The van der Waals surface area contributed by atoms with Gasteiger partial charge < -0.3 is 10.2 Å². The van der Waals surface area contributed by atoms with Crippen LogP contribution in [0.4, 0.5) is 10.9 Å². The lowest BCUT2D eigenvalue weighted by molar-refractivity contribution is -0.114. The third-order valence-corrected chi connectivity index (χ3v) is 6.77. The molecule has 0 aromatic carbocycles. The fourth-order valence-electron chi connectivity index (χ4n) is 2.42. The van der Waals surface area contributed by atoms with Gasteiger partial charge in [0, 0.05) is 39.3 Å². The Labute approximate surface area is 154 Å². The maximum atomic E-state index is 12.7. The van der Waals surface area contributed by atoms with Crippen molar-refractivity contribution in [3.63, 3.8) is 0 Å². The lowest BCUT2D eigenvalue weighted by atomic mass is 10.3. The normalized spacial score (nSPS) is 15.5. The number of pyridine rings is 1. The maximum Gasteiger partial charge on any atom is 0.272 e. The number of nitriles is 1. The van der Waals surface area contributed by atoms with Crippen molar-refractivity contribution in [3.8, 4) is 6.07 Å². The van der Waals surface area contributed by atoms with Crippen LogP contribution in [0.1, 0.15) is 12.5 Å². The van der Waals surface area contributed by atoms with Gasteiger partial charge in [0.25, 0.3) is 10.0 Å². The molecule has 0 spiro atoms. The first kappa shape index (κ1) is 18.2. The van der Waals surface area contributed by atoms with Gasteiger partial charge in [0.05, 0.1) is 5.56 Å². The first-order chi connectivity index (χ1) is 12.4. The van der Waals surface area contributed by atoms with Crippen molar-refractivity contribution in [2.75, 3.05) is 36.4 Å². The van der Waals surface area contributed by atoms with Crippen molar-refractivity contribution in [2.45, 2.75) is 11.3 Å². The Morgan fingerprint density at radius 3 is 2.58 bits per heavy atom. The molecule has 1 amide bonds. The summed E-state index contributed by atoms with van der Waals surface area (Å²) in [4.78, 5) is 17.2. The Morgan fingerprint density at radius 2 is 2.00 bits per heavy atom. The third kappa shape index (κ3) is 3.79. The van der Waals surface area contributed by atoms with Gasteiger partial charge in [-0.15, -0.1) is 10.2 Å². The molecule has 1 N–H and O–H groups in total. The molecular weight excluding hydrogens is 378 g/mol. The second-order valence-corrected chi connectivity index (χ2v) is 8.55. The molecule has 1 aliphatic rings. The zero-order chi connectivity index (χ0) is 18.7. The van der Waals surface area contributed by atoms with Crippen LogP contribution in [-0.4, -0.2) is 60.0 Å². The Balaban J connectivity index is 1.67. The van der Waals surface area contributed by atoms with E-state index in [4.69, 9.17) is 5.26 Å². The van der Waals surface area contributed by atoms with Gasteiger partial charge in [-0.05, 0) is 12.1 Å². The fourth-order valence-corrected chi connectivity index (χ4v) is 4.93. The summed E-state index contributed by atoms with van der Waals surface area (Å²) in [6.45, 7) is 2.80. The largest absolute Gasteiger partial charge is 0.354 e. The fraction of sp³-hybridized carbons (Fsp3) is 0.357. The summed E-state index contributed by atoms with van der Waals surface area (Å²) in [5, 5.41) is 18.7. The minimum atomic E-state index is -3.76. The van der Waals surface area contributed by atoms with Gasteiger partial charge in [-0.1, -0.05) is 11.3 Å². The molecular formula is C14H15N7O3S2. The van der Waals surface area contributed by atoms with Crippen LogP contribution in [0.5, 0.6) is 0 Å². The number of piperazine rings is 1. The van der Waals surface area contributed by atoms with Crippen LogP contribution in [0.25, 0.3) is 0 Å². The van der Waals surface area contributed by atoms with Gasteiger partial charge >= 0.3 is 0 Å². The minimum absolute atomic E-state index is 0.147. The average molecular weight is 393 g/mol. The number of amides is 1. The van der Waals surface area contributed by atoms with Crippen LogP contribution in [-0.2, 0) is 14.8 Å². The zero-order valence-corrected chi connectivity index (χ0v) is 15.4. The van der Waals surface area contributed by atoms with Crippen LogP contribution in [0.3, 0.4) is 0 Å². The number of aromatic nitrogens is 3. The molecule has 1 fully saturated rings. The van der Waals surface area contributed by atoms with E-state index in [0.29, 0.717) is 24.5 Å². The molecule has 26 heavy (non-hydrogen) atoms. The van der Waals surface area contributed by atoms with Gasteiger partial charge in [0.1, 0.15) is 11.9 Å². The third-order valence-electron chi connectivity index (χ3n) is 3.69. The van der Waals surface area contributed by atoms with E-state index in [9.17, 15) is 13.2 Å². The lowest BCUT2D eigenvalue weighted by Crippen LogP contribution is -2.48. The van der Waals surface area contributed by atoms with Gasteiger partial charge in [0.15, 0.2) is 0 Å². The maximum absolute atomic E-state index is 12.7. The van der Waals surface area contributed by atoms with E-state index in [2.05, 4.69) is 20.5 Å². The minimum Gasteiger partial charge on any atom is -0.354 e. The highest BCUT2D eigenvalue weighted by Crippen LogP contribution is 2.25. The van der Waals surface area contributed by atoms with Crippen molar-refractivity contribution in [2.24, 2.45) is 0 Å². The Kier molecular flexibility index (Phi) is 5.12. The van der Waals surface area contributed by atoms with Crippen molar-refractivity contribution in [1.29, 1.82) is 5.26 Å². The van der Waals surface area contributed by atoms with Crippen LogP contribution in [0.2, 0.25) is 0 Å². The molecule has 1 aliphatic heterocycles. The predicted molar refractivity (Wildman–Crippen MR) is 94.1 cm³/mol. The second-order valence-electron chi connectivity index (χ2n) is 5.46. The zero-order valence-electron chi connectivity index (χ0n) is 13.8. The van der Waals surface area contributed by atoms with Crippen LogP contribution in [0, 0.1) is 11.3 Å². The number of sulfonamides is 1. The monoisotopic (exact) mass is 393 g/mol. The molecule has 136 valence electrons. The number of rotatable bonds is 4. The number of nitrogens with zero attached hydrogens (tertiary/aromatic N) is 6. The van der Waals surface area contributed by atoms with Crippen molar-refractivity contribution < 1.29 is 13.2 Å². The van der Waals surface area contributed by atoms with Crippen molar-refractivity contribution in [1.82, 2.24) is 19.5 Å². The summed E-state index contributed by atoms with van der Waals surface area (Å²) in [6, 6.07) is 5.43. The molecule has 2 aromatic heterocycles. The number of nitrogens with one attached hydrogen (secondary N) is 1. The molecule has 3 heterocycles. The van der Waals surface area contributed by atoms with E-state index in [-0.39, 0.29) is 28.5 Å². The Morgan fingerprint density at radius 1 is 1.27 bits per heavy atom. The number of carbonyl (C=O) groups excluding carboxylic acids is 1. The van der Waals surface area contributed by atoms with E-state index in [1.807, 2.05) is 11.0 Å². The smallest absolute Gasteiger partial charge is 0.272 e. The Hall–Kier alpha value is -2.62. The van der Waals surface area contributed by atoms with Crippen molar-refractivity contribution >= 4 is 38.2 Å². The summed E-state index contributed by atoms with van der Waals surface area (Å²) < 4.78 is 26.5. The summed E-state index contributed by atoms with van der Waals surface area (Å²) in [6.07, 6.45) is 1.49. The number of hydrogen-bond acceptors (Lipinski definition) is 9. The average Bonchev–Trinajstić information content (AvgIpc) is 3.10. The van der Waals surface area contributed by atoms with Gasteiger partial charge in [-0.25, -0.2) is 13.4 Å².